The first-order valence-electron chi connectivity index (χ1n) is 5.20. The Morgan fingerprint density at radius 3 is 2.94 bits per heavy atom. The van der Waals surface area contributed by atoms with Crippen LogP contribution < -0.4 is 4.74 Å². The van der Waals surface area contributed by atoms with E-state index in [4.69, 9.17) is 14.6 Å². The van der Waals surface area contributed by atoms with E-state index in [1.807, 2.05) is 0 Å². The molecule has 1 fully saturated rings. The van der Waals surface area contributed by atoms with Crippen LogP contribution in [0.2, 0.25) is 0 Å². The highest BCUT2D eigenvalue weighted by Crippen LogP contribution is 2.19. The van der Waals surface area contributed by atoms with Gasteiger partial charge in [0.25, 0.3) is 0 Å². The lowest BCUT2D eigenvalue weighted by Crippen LogP contribution is -2.26. The fourth-order valence-electron chi connectivity index (χ4n) is 1.60. The minimum Gasteiger partial charge on any atom is -0.477 e. The highest BCUT2D eigenvalue weighted by molar-refractivity contribution is 5.90. The van der Waals surface area contributed by atoms with E-state index in [2.05, 4.69) is 4.98 Å². The van der Waals surface area contributed by atoms with Gasteiger partial charge < -0.3 is 14.6 Å². The Morgan fingerprint density at radius 1 is 1.50 bits per heavy atom. The summed E-state index contributed by atoms with van der Waals surface area (Å²) in [6, 6.07) is 3.07. The molecule has 1 aliphatic rings. The van der Waals surface area contributed by atoms with Gasteiger partial charge in [-0.15, -0.1) is 0 Å². The van der Waals surface area contributed by atoms with Crippen LogP contribution in [0, 0.1) is 0 Å². The van der Waals surface area contributed by atoms with Gasteiger partial charge in [-0.1, -0.05) is 0 Å². The summed E-state index contributed by atoms with van der Waals surface area (Å²) in [5.74, 6) is -0.822. The summed E-state index contributed by atoms with van der Waals surface area (Å²) >= 11 is 0. The van der Waals surface area contributed by atoms with Gasteiger partial charge in [0, 0.05) is 19.0 Å². The largest absolute Gasteiger partial charge is 0.477 e. The number of hydrogen-bond donors (Lipinski definition) is 1. The molecule has 0 saturated carbocycles. The lowest BCUT2D eigenvalue weighted by Gasteiger charge is -2.23. The second kappa shape index (κ2) is 4.94. The molecule has 5 nitrogen and oxygen atoms in total. The van der Waals surface area contributed by atoms with Gasteiger partial charge in [0.2, 0.25) is 5.88 Å². The molecule has 1 saturated heterocycles. The van der Waals surface area contributed by atoms with Crippen molar-refractivity contribution < 1.29 is 19.4 Å². The number of nitrogens with zero attached hydrogens (tertiary/aromatic N) is 1. The van der Waals surface area contributed by atoms with Crippen LogP contribution >= 0.6 is 0 Å². The molecular weight excluding hydrogens is 210 g/mol. The molecule has 0 unspecified atom stereocenters. The summed E-state index contributed by atoms with van der Waals surface area (Å²) in [7, 11) is 0. The van der Waals surface area contributed by atoms with E-state index in [1.54, 1.807) is 6.07 Å². The highest BCUT2D eigenvalue weighted by Gasteiger charge is 2.19. The molecule has 1 aliphatic heterocycles. The number of carboxylic acid groups (broad SMARTS) is 1. The SMILES string of the molecule is O=C(O)c1cccnc1OC1CCOCC1. The number of ether oxygens (including phenoxy) is 2. The Morgan fingerprint density at radius 2 is 2.25 bits per heavy atom. The van der Waals surface area contributed by atoms with Crippen LogP contribution in [0.1, 0.15) is 23.2 Å². The van der Waals surface area contributed by atoms with Crippen LogP contribution in [0.3, 0.4) is 0 Å². The highest BCUT2D eigenvalue weighted by atomic mass is 16.5. The minimum absolute atomic E-state index is 0.00162. The van der Waals surface area contributed by atoms with Gasteiger partial charge >= 0.3 is 5.97 Å². The van der Waals surface area contributed by atoms with E-state index in [-0.39, 0.29) is 17.5 Å². The van der Waals surface area contributed by atoms with E-state index in [0.717, 1.165) is 12.8 Å². The van der Waals surface area contributed by atoms with Crippen LogP contribution in [0.4, 0.5) is 0 Å². The van der Waals surface area contributed by atoms with E-state index >= 15 is 0 Å². The third-order valence-corrected chi connectivity index (χ3v) is 2.45. The zero-order valence-electron chi connectivity index (χ0n) is 8.76. The molecule has 2 heterocycles. The van der Waals surface area contributed by atoms with Crippen molar-refractivity contribution in [2.75, 3.05) is 13.2 Å². The van der Waals surface area contributed by atoms with Crippen molar-refractivity contribution in [2.24, 2.45) is 0 Å². The maximum atomic E-state index is 10.9. The molecule has 0 spiro atoms. The Hall–Kier alpha value is -1.62. The normalized spacial score (nSPS) is 17.0. The van der Waals surface area contributed by atoms with Crippen molar-refractivity contribution in [1.29, 1.82) is 0 Å². The van der Waals surface area contributed by atoms with Crippen molar-refractivity contribution in [1.82, 2.24) is 4.98 Å². The molecule has 1 aromatic rings. The third kappa shape index (κ3) is 2.49. The summed E-state index contributed by atoms with van der Waals surface area (Å²) in [6.45, 7) is 1.31. The topological polar surface area (TPSA) is 68.7 Å². The van der Waals surface area contributed by atoms with Gasteiger partial charge in [-0.3, -0.25) is 0 Å². The number of carboxylic acids is 1. The van der Waals surface area contributed by atoms with Crippen molar-refractivity contribution in [3.63, 3.8) is 0 Å². The molecule has 0 aromatic carbocycles. The van der Waals surface area contributed by atoms with Crippen molar-refractivity contribution in [2.45, 2.75) is 18.9 Å². The van der Waals surface area contributed by atoms with Crippen LogP contribution in [0.15, 0.2) is 18.3 Å². The zero-order valence-corrected chi connectivity index (χ0v) is 8.76. The maximum absolute atomic E-state index is 10.9. The molecule has 0 bridgehead atoms. The first-order chi connectivity index (χ1) is 7.77. The van der Waals surface area contributed by atoms with Crippen molar-refractivity contribution in [3.05, 3.63) is 23.9 Å². The standard InChI is InChI=1S/C11H13NO4/c13-11(14)9-2-1-5-12-10(9)16-8-3-6-15-7-4-8/h1-2,5,8H,3-4,6-7H2,(H,13,14). The van der Waals surface area contributed by atoms with E-state index in [0.29, 0.717) is 13.2 Å². The fraction of sp³-hybridized carbons (Fsp3) is 0.455. The minimum atomic E-state index is -1.02. The average molecular weight is 223 g/mol. The number of aromatic carboxylic acids is 1. The Kier molecular flexibility index (Phi) is 3.36. The lowest BCUT2D eigenvalue weighted by molar-refractivity contribution is 0.0229. The van der Waals surface area contributed by atoms with Crippen molar-refractivity contribution in [3.8, 4) is 5.88 Å². The number of hydrogen-bond acceptors (Lipinski definition) is 4. The molecule has 0 aliphatic carbocycles. The van der Waals surface area contributed by atoms with Gasteiger partial charge in [0.15, 0.2) is 0 Å². The summed E-state index contributed by atoms with van der Waals surface area (Å²) in [6.07, 6.45) is 3.08. The van der Waals surface area contributed by atoms with Crippen LogP contribution in [0.5, 0.6) is 5.88 Å². The molecule has 16 heavy (non-hydrogen) atoms. The molecule has 86 valence electrons. The smallest absolute Gasteiger partial charge is 0.341 e. The van der Waals surface area contributed by atoms with Gasteiger partial charge in [-0.2, -0.15) is 0 Å². The van der Waals surface area contributed by atoms with Gasteiger partial charge in [0.1, 0.15) is 11.7 Å². The number of carbonyl (C=O) groups is 1. The van der Waals surface area contributed by atoms with Crippen molar-refractivity contribution >= 4 is 5.97 Å². The average Bonchev–Trinajstić information content (AvgIpc) is 2.31. The van der Waals surface area contributed by atoms with Crippen LogP contribution in [-0.4, -0.2) is 35.4 Å². The Bertz CT molecular complexity index is 374. The van der Waals surface area contributed by atoms with Gasteiger partial charge in [-0.05, 0) is 12.1 Å². The molecule has 0 amide bonds. The van der Waals surface area contributed by atoms with E-state index < -0.39 is 5.97 Å². The van der Waals surface area contributed by atoms with Gasteiger partial charge in [0.05, 0.1) is 13.2 Å². The Labute approximate surface area is 93.0 Å². The Balaban J connectivity index is 2.10. The van der Waals surface area contributed by atoms with Gasteiger partial charge in [-0.25, -0.2) is 9.78 Å². The molecule has 2 rings (SSSR count). The maximum Gasteiger partial charge on any atom is 0.341 e. The molecule has 1 N–H and O–H groups in total. The molecule has 0 radical (unpaired) electrons. The predicted octanol–water partition coefficient (Wildman–Crippen LogP) is 1.34. The van der Waals surface area contributed by atoms with E-state index in [9.17, 15) is 4.79 Å². The monoisotopic (exact) mass is 223 g/mol. The second-order valence-corrected chi connectivity index (χ2v) is 3.59. The molecule has 5 heteroatoms. The fourth-order valence-corrected chi connectivity index (χ4v) is 1.60. The predicted molar refractivity (Wildman–Crippen MR) is 55.7 cm³/mol. The summed E-state index contributed by atoms with van der Waals surface area (Å²) in [5, 5.41) is 8.95. The first-order valence-corrected chi connectivity index (χ1v) is 5.20. The third-order valence-electron chi connectivity index (χ3n) is 2.45. The lowest BCUT2D eigenvalue weighted by atomic mass is 10.1. The molecular formula is C11H13NO4. The molecule has 0 atom stereocenters. The first kappa shape index (κ1) is 10.9. The quantitative estimate of drug-likeness (QED) is 0.837. The number of aromatic nitrogens is 1. The second-order valence-electron chi connectivity index (χ2n) is 3.59. The summed E-state index contributed by atoms with van der Waals surface area (Å²) < 4.78 is 10.8. The van der Waals surface area contributed by atoms with Crippen LogP contribution in [0.25, 0.3) is 0 Å². The van der Waals surface area contributed by atoms with E-state index in [1.165, 1.54) is 12.3 Å². The zero-order chi connectivity index (χ0) is 11.4. The summed E-state index contributed by atoms with van der Waals surface area (Å²) in [4.78, 5) is 14.9. The molecule has 1 aromatic heterocycles. The summed E-state index contributed by atoms with van der Waals surface area (Å²) in [5.41, 5.74) is 0.106. The van der Waals surface area contributed by atoms with Crippen LogP contribution in [-0.2, 0) is 4.74 Å². The number of rotatable bonds is 3. The number of pyridine rings is 1.